The van der Waals surface area contributed by atoms with E-state index < -0.39 is 65.9 Å². The van der Waals surface area contributed by atoms with Gasteiger partial charge in [-0.25, -0.2) is 0 Å². The summed E-state index contributed by atoms with van der Waals surface area (Å²) in [5.41, 5.74) is 0. The van der Waals surface area contributed by atoms with E-state index in [1.807, 2.05) is 0 Å². The second-order valence-electron chi connectivity index (χ2n) is 5.22. The molecule has 26 heavy (non-hydrogen) atoms. The van der Waals surface area contributed by atoms with Crippen LogP contribution in [0.1, 0.15) is 0 Å². The van der Waals surface area contributed by atoms with Crippen molar-refractivity contribution in [3.05, 3.63) is 0 Å². The maximum Gasteiger partial charge on any atom is 0.639 e. The molecule has 0 amide bonds. The van der Waals surface area contributed by atoms with E-state index in [1.54, 1.807) is 0 Å². The van der Waals surface area contributed by atoms with Crippen LogP contribution in [-0.2, 0) is 64.5 Å². The third kappa shape index (κ3) is 8.45. The normalized spacial score (nSPS) is 31.2. The van der Waals surface area contributed by atoms with Gasteiger partial charge in [0.05, 0.1) is 26.4 Å². The number of aliphatic hydroxyl groups excluding tert-OH is 1. The minimum absolute atomic E-state index is 0.0618. The van der Waals surface area contributed by atoms with Gasteiger partial charge in [0.1, 0.15) is 12.2 Å². The van der Waals surface area contributed by atoms with E-state index in [0.717, 1.165) is 0 Å². The molecule has 0 radical (unpaired) electrons. The van der Waals surface area contributed by atoms with Crippen LogP contribution in [0.2, 0.25) is 0 Å². The molecule has 0 aliphatic carbocycles. The first-order valence-electron chi connectivity index (χ1n) is 7.42. The first kappa shape index (κ1) is 22.4. The number of hydrogen-bond acceptors (Lipinski definition) is 12. The molecule has 0 aromatic carbocycles. The van der Waals surface area contributed by atoms with Crippen LogP contribution in [0.5, 0.6) is 0 Å². The van der Waals surface area contributed by atoms with Crippen molar-refractivity contribution in [2.24, 2.45) is 5.92 Å². The Morgan fingerprint density at radius 2 is 1.65 bits per heavy atom. The van der Waals surface area contributed by atoms with Gasteiger partial charge in [-0.2, -0.15) is 8.42 Å². The van der Waals surface area contributed by atoms with Crippen molar-refractivity contribution in [3.8, 4) is 0 Å². The highest BCUT2D eigenvalue weighted by Gasteiger charge is 2.32. The SMILES string of the molecule is O=S([O-])CC(CO)COB(OCC1COS(=O)O1)OCC1COS(=O)O1. The van der Waals surface area contributed by atoms with E-state index >= 15 is 0 Å². The third-order valence-corrected chi connectivity index (χ3v) is 5.32. The maximum absolute atomic E-state index is 11.0. The van der Waals surface area contributed by atoms with Gasteiger partial charge >= 0.3 is 30.0 Å². The predicted molar refractivity (Wildman–Crippen MR) is 85.9 cm³/mol. The van der Waals surface area contributed by atoms with Gasteiger partial charge in [-0.3, -0.25) is 20.9 Å². The van der Waals surface area contributed by atoms with Crippen molar-refractivity contribution >= 4 is 41.1 Å². The lowest BCUT2D eigenvalue weighted by Gasteiger charge is -2.20. The molecule has 0 spiro atoms. The summed E-state index contributed by atoms with van der Waals surface area (Å²) in [6, 6.07) is 0. The highest BCUT2D eigenvalue weighted by atomic mass is 32.2. The molecule has 2 saturated heterocycles. The maximum atomic E-state index is 11.0. The molecule has 152 valence electrons. The van der Waals surface area contributed by atoms with Crippen molar-refractivity contribution in [2.45, 2.75) is 12.2 Å². The van der Waals surface area contributed by atoms with Crippen LogP contribution in [0.4, 0.5) is 0 Å². The molecule has 2 aliphatic rings. The number of hydrogen-bond donors (Lipinski definition) is 1. The fourth-order valence-electron chi connectivity index (χ4n) is 1.82. The Balaban J connectivity index is 1.79. The van der Waals surface area contributed by atoms with Gasteiger partial charge in [0.15, 0.2) is 0 Å². The molecule has 2 heterocycles. The molecule has 0 aromatic heterocycles. The molecular formula is C10H18BO12S3-. The fraction of sp³-hybridized carbons (Fsp3) is 1.00. The molecule has 0 aromatic rings. The van der Waals surface area contributed by atoms with Gasteiger partial charge < -0.3 is 23.6 Å². The van der Waals surface area contributed by atoms with Crippen LogP contribution < -0.4 is 0 Å². The van der Waals surface area contributed by atoms with Crippen molar-refractivity contribution in [1.29, 1.82) is 0 Å². The Morgan fingerprint density at radius 3 is 2.04 bits per heavy atom. The molecule has 0 saturated carbocycles. The Kier molecular flexibility index (Phi) is 10.3. The van der Waals surface area contributed by atoms with Crippen LogP contribution in [0.15, 0.2) is 0 Å². The minimum Gasteiger partial charge on any atom is -0.772 e. The number of aliphatic hydroxyl groups is 1. The van der Waals surface area contributed by atoms with Crippen molar-refractivity contribution < 1.29 is 53.0 Å². The van der Waals surface area contributed by atoms with Crippen LogP contribution in [0.3, 0.4) is 0 Å². The van der Waals surface area contributed by atoms with Gasteiger partial charge in [-0.05, 0) is 0 Å². The lowest BCUT2D eigenvalue weighted by Crippen LogP contribution is -2.37. The summed E-state index contributed by atoms with van der Waals surface area (Å²) < 4.78 is 78.8. The molecule has 6 atom stereocenters. The first-order chi connectivity index (χ1) is 12.5. The van der Waals surface area contributed by atoms with E-state index in [1.165, 1.54) is 0 Å². The lowest BCUT2D eigenvalue weighted by molar-refractivity contribution is 0.0317. The van der Waals surface area contributed by atoms with Gasteiger partial charge in [0.25, 0.3) is 0 Å². The average molecular weight is 437 g/mol. The second-order valence-corrected chi connectivity index (χ2v) is 7.84. The number of rotatable bonds is 12. The van der Waals surface area contributed by atoms with Crippen molar-refractivity contribution in [3.63, 3.8) is 0 Å². The minimum atomic E-state index is -2.34. The lowest BCUT2D eigenvalue weighted by atomic mass is 10.1. The standard InChI is InChI=1S/C10H19BO12S3/c12-1-8(7-24(13)14)2-17-11(18-3-9-5-20-25(15)22-9)19-4-10-6-21-26(16)23-10/h8-10,12H,1-7H2,(H,13,14)/p-1. The van der Waals surface area contributed by atoms with Crippen molar-refractivity contribution in [1.82, 2.24) is 0 Å². The molecular weight excluding hydrogens is 419 g/mol. The molecule has 16 heteroatoms. The molecule has 6 unspecified atom stereocenters. The van der Waals surface area contributed by atoms with E-state index in [2.05, 4.69) is 0 Å². The molecule has 12 nitrogen and oxygen atoms in total. The average Bonchev–Trinajstić information content (AvgIpc) is 3.20. The van der Waals surface area contributed by atoms with Crippen LogP contribution >= 0.6 is 0 Å². The summed E-state index contributed by atoms with van der Waals surface area (Å²) in [4.78, 5) is 0. The first-order valence-corrected chi connectivity index (χ1v) is 10.7. The Morgan fingerprint density at radius 1 is 1.12 bits per heavy atom. The zero-order valence-corrected chi connectivity index (χ0v) is 15.9. The van der Waals surface area contributed by atoms with Crippen LogP contribution in [-0.4, -0.2) is 87.2 Å². The van der Waals surface area contributed by atoms with Crippen LogP contribution in [0.25, 0.3) is 0 Å². The van der Waals surface area contributed by atoms with E-state index in [-0.39, 0.29) is 38.8 Å². The molecule has 2 rings (SSSR count). The van der Waals surface area contributed by atoms with Gasteiger partial charge in [-0.1, -0.05) is 11.1 Å². The Labute approximate surface area is 157 Å². The Hall–Kier alpha value is 0.155. The smallest absolute Gasteiger partial charge is 0.639 e. The van der Waals surface area contributed by atoms with Crippen molar-refractivity contribution in [2.75, 3.05) is 45.4 Å². The summed E-state index contributed by atoms with van der Waals surface area (Å²) in [5.74, 6) is -0.958. The molecule has 2 aliphatic heterocycles. The fourth-order valence-corrected chi connectivity index (χ4v) is 3.71. The summed E-state index contributed by atoms with van der Waals surface area (Å²) in [6.07, 6.45) is -1.18. The zero-order chi connectivity index (χ0) is 18.9. The zero-order valence-electron chi connectivity index (χ0n) is 13.4. The summed E-state index contributed by atoms with van der Waals surface area (Å²) in [5, 5.41) is 9.18. The van der Waals surface area contributed by atoms with E-state index in [9.17, 15) is 22.3 Å². The monoisotopic (exact) mass is 437 g/mol. The van der Waals surface area contributed by atoms with E-state index in [0.29, 0.717) is 0 Å². The topological polar surface area (TPSA) is 159 Å². The van der Waals surface area contributed by atoms with Gasteiger partial charge in [-0.15, -0.1) is 0 Å². The van der Waals surface area contributed by atoms with Gasteiger partial charge in [0, 0.05) is 24.9 Å². The van der Waals surface area contributed by atoms with Crippen LogP contribution in [0, 0.1) is 5.92 Å². The molecule has 1 N–H and O–H groups in total. The summed E-state index contributed by atoms with van der Waals surface area (Å²) in [7, 11) is -1.25. The molecule has 2 fully saturated rings. The Bertz CT molecular complexity index is 480. The predicted octanol–water partition coefficient (Wildman–Crippen LogP) is -2.50. The molecule has 0 bridgehead atoms. The second kappa shape index (κ2) is 11.9. The van der Waals surface area contributed by atoms with Gasteiger partial charge in [0.2, 0.25) is 0 Å². The highest BCUT2D eigenvalue weighted by molar-refractivity contribution is 7.79. The van der Waals surface area contributed by atoms with E-state index in [4.69, 9.17) is 30.7 Å². The highest BCUT2D eigenvalue weighted by Crippen LogP contribution is 2.13. The summed E-state index contributed by atoms with van der Waals surface area (Å²) in [6.45, 7) is -0.573. The largest absolute Gasteiger partial charge is 0.772 e. The summed E-state index contributed by atoms with van der Waals surface area (Å²) >= 11 is -6.00. The quantitative estimate of drug-likeness (QED) is 0.253. The third-order valence-electron chi connectivity index (χ3n) is 3.06.